The molecule has 8 nitrogen and oxygen atoms in total. The normalized spacial score (nSPS) is 14.3. The lowest BCUT2D eigenvalue weighted by atomic mass is 10.1. The SMILES string of the molecule is CC/C=C\C/C=C\C/C=C\CCCCCCCCCC(=O)OC(COCCCCCCCC/C=C\C/C=C\C/C=C\CC)COP(=O)(O)OCCN. The first-order valence-corrected chi connectivity index (χ1v) is 21.9. The zero-order valence-electron chi connectivity index (χ0n) is 33.0. The molecule has 0 heterocycles. The monoisotopic (exact) mass is 750 g/mol. The lowest BCUT2D eigenvalue weighted by molar-refractivity contribution is -0.154. The Bertz CT molecular complexity index is 1020. The highest BCUT2D eigenvalue weighted by Crippen LogP contribution is 2.43. The smallest absolute Gasteiger partial charge is 0.457 e. The standard InChI is InChI=1S/C43H76NO7P/c1-3-5-7-9-11-13-15-17-19-21-22-24-26-28-30-32-34-36-43(45)51-42(41-50-52(46,47)49-39-37-44)40-48-38-35-33-31-29-27-25-23-20-18-16-14-12-10-8-6-4-2/h5-8,11-14,17-20,42H,3-4,9-10,15-16,21-41,44H2,1-2H3,(H,46,47)/b7-5-,8-6-,13-11-,14-12-,19-17-,20-18-. The largest absolute Gasteiger partial charge is 0.472 e. The predicted molar refractivity (Wildman–Crippen MR) is 219 cm³/mol. The van der Waals surface area contributed by atoms with E-state index in [1.165, 1.54) is 44.9 Å². The molecular weight excluding hydrogens is 673 g/mol. The minimum Gasteiger partial charge on any atom is -0.457 e. The molecule has 0 radical (unpaired) electrons. The summed E-state index contributed by atoms with van der Waals surface area (Å²) in [4.78, 5) is 22.4. The van der Waals surface area contributed by atoms with Gasteiger partial charge in [0.1, 0.15) is 6.10 Å². The molecule has 0 amide bonds. The van der Waals surface area contributed by atoms with E-state index in [2.05, 4.69) is 86.8 Å². The lowest BCUT2D eigenvalue weighted by Crippen LogP contribution is -2.28. The van der Waals surface area contributed by atoms with Crippen molar-refractivity contribution >= 4 is 13.8 Å². The second kappa shape index (κ2) is 40.1. The number of hydrogen-bond donors (Lipinski definition) is 2. The number of phosphoric ester groups is 1. The Morgan fingerprint density at radius 2 is 1.02 bits per heavy atom. The summed E-state index contributed by atoms with van der Waals surface area (Å²) in [6.45, 7) is 4.64. The third kappa shape index (κ3) is 39.2. The Labute approximate surface area is 318 Å². The van der Waals surface area contributed by atoms with Gasteiger partial charge in [-0.05, 0) is 77.0 Å². The summed E-state index contributed by atoms with van der Waals surface area (Å²) in [7, 11) is -4.29. The van der Waals surface area contributed by atoms with Crippen molar-refractivity contribution in [1.82, 2.24) is 0 Å². The van der Waals surface area contributed by atoms with Crippen molar-refractivity contribution in [2.45, 2.75) is 161 Å². The molecule has 0 aliphatic carbocycles. The van der Waals surface area contributed by atoms with Crippen LogP contribution in [0.3, 0.4) is 0 Å². The Balaban J connectivity index is 4.11. The van der Waals surface area contributed by atoms with E-state index < -0.39 is 13.9 Å². The van der Waals surface area contributed by atoms with Crippen LogP contribution < -0.4 is 5.73 Å². The molecule has 0 saturated carbocycles. The van der Waals surface area contributed by atoms with Crippen LogP contribution in [0.5, 0.6) is 0 Å². The van der Waals surface area contributed by atoms with Crippen LogP contribution in [-0.2, 0) is 27.9 Å². The van der Waals surface area contributed by atoms with Gasteiger partial charge in [-0.25, -0.2) is 4.57 Å². The minimum absolute atomic E-state index is 0.0923. The molecule has 0 saturated heterocycles. The van der Waals surface area contributed by atoms with E-state index in [1.807, 2.05) is 0 Å². The van der Waals surface area contributed by atoms with E-state index >= 15 is 0 Å². The number of carbonyl (C=O) groups excluding carboxylic acids is 1. The number of carbonyl (C=O) groups is 1. The molecule has 0 aromatic rings. The van der Waals surface area contributed by atoms with Gasteiger partial charge in [-0.3, -0.25) is 13.8 Å². The van der Waals surface area contributed by atoms with Gasteiger partial charge in [-0.2, -0.15) is 0 Å². The fourth-order valence-electron chi connectivity index (χ4n) is 5.20. The van der Waals surface area contributed by atoms with Gasteiger partial charge in [0, 0.05) is 19.6 Å². The summed E-state index contributed by atoms with van der Waals surface area (Å²) in [5.74, 6) is -0.349. The van der Waals surface area contributed by atoms with Gasteiger partial charge in [0.25, 0.3) is 0 Å². The van der Waals surface area contributed by atoms with Crippen LogP contribution in [-0.4, -0.2) is 49.9 Å². The number of esters is 1. The highest BCUT2D eigenvalue weighted by molar-refractivity contribution is 7.47. The molecule has 0 aliphatic rings. The van der Waals surface area contributed by atoms with Crippen molar-refractivity contribution in [3.05, 3.63) is 72.9 Å². The third-order valence-corrected chi connectivity index (χ3v) is 9.10. The van der Waals surface area contributed by atoms with Gasteiger partial charge in [-0.15, -0.1) is 0 Å². The fourth-order valence-corrected chi connectivity index (χ4v) is 5.97. The fraction of sp³-hybridized carbons (Fsp3) is 0.698. The number of allylic oxidation sites excluding steroid dienone is 12. The number of nitrogens with two attached hydrogens (primary N) is 1. The van der Waals surface area contributed by atoms with Gasteiger partial charge < -0.3 is 20.1 Å². The van der Waals surface area contributed by atoms with E-state index in [9.17, 15) is 14.3 Å². The Hall–Kier alpha value is -2.06. The number of unbranched alkanes of at least 4 members (excludes halogenated alkanes) is 13. The van der Waals surface area contributed by atoms with Crippen molar-refractivity contribution in [2.75, 3.05) is 33.0 Å². The molecule has 3 N–H and O–H groups in total. The number of rotatable bonds is 38. The Kier molecular flexibility index (Phi) is 38.5. The summed E-state index contributed by atoms with van der Waals surface area (Å²) in [5.41, 5.74) is 5.36. The van der Waals surface area contributed by atoms with Gasteiger partial charge in [0.05, 0.1) is 19.8 Å². The maximum Gasteiger partial charge on any atom is 0.472 e. The van der Waals surface area contributed by atoms with E-state index in [-0.39, 0.29) is 32.3 Å². The minimum atomic E-state index is -4.29. The molecule has 52 heavy (non-hydrogen) atoms. The summed E-state index contributed by atoms with van der Waals surface area (Å²) >= 11 is 0. The van der Waals surface area contributed by atoms with Crippen molar-refractivity contribution in [3.63, 3.8) is 0 Å². The van der Waals surface area contributed by atoms with Crippen LogP contribution in [0.1, 0.15) is 155 Å². The van der Waals surface area contributed by atoms with Crippen LogP contribution in [0.4, 0.5) is 0 Å². The average Bonchev–Trinajstić information content (AvgIpc) is 3.13. The van der Waals surface area contributed by atoms with E-state index in [1.54, 1.807) is 0 Å². The molecular formula is C43H76NO7P. The molecule has 0 aromatic heterocycles. The molecule has 2 unspecified atom stereocenters. The van der Waals surface area contributed by atoms with Crippen molar-refractivity contribution in [1.29, 1.82) is 0 Å². The van der Waals surface area contributed by atoms with E-state index in [4.69, 9.17) is 24.3 Å². The van der Waals surface area contributed by atoms with E-state index in [0.717, 1.165) is 89.9 Å². The maximum absolute atomic E-state index is 12.6. The van der Waals surface area contributed by atoms with Crippen LogP contribution in [0.2, 0.25) is 0 Å². The second-order valence-electron chi connectivity index (χ2n) is 13.1. The summed E-state index contributed by atoms with van der Waals surface area (Å²) < 4.78 is 33.4. The first-order valence-electron chi connectivity index (χ1n) is 20.4. The van der Waals surface area contributed by atoms with Gasteiger partial charge in [-0.1, -0.05) is 145 Å². The zero-order valence-corrected chi connectivity index (χ0v) is 33.9. The number of ether oxygens (including phenoxy) is 2. The zero-order chi connectivity index (χ0) is 38.1. The molecule has 0 spiro atoms. The molecule has 0 rings (SSSR count). The van der Waals surface area contributed by atoms with Crippen molar-refractivity contribution in [2.24, 2.45) is 5.73 Å². The first-order chi connectivity index (χ1) is 25.4. The molecule has 0 aliphatic heterocycles. The van der Waals surface area contributed by atoms with Gasteiger partial charge in [0.2, 0.25) is 0 Å². The van der Waals surface area contributed by atoms with Crippen LogP contribution in [0.15, 0.2) is 72.9 Å². The quantitative estimate of drug-likeness (QED) is 0.0277. The van der Waals surface area contributed by atoms with Crippen molar-refractivity contribution in [3.8, 4) is 0 Å². The predicted octanol–water partition coefficient (Wildman–Crippen LogP) is 12.0. The maximum atomic E-state index is 12.6. The summed E-state index contributed by atoms with van der Waals surface area (Å²) in [6, 6.07) is 0. The third-order valence-electron chi connectivity index (χ3n) is 8.12. The molecule has 0 aromatic carbocycles. The number of phosphoric acid groups is 1. The molecule has 0 fully saturated rings. The van der Waals surface area contributed by atoms with Gasteiger partial charge >= 0.3 is 13.8 Å². The van der Waals surface area contributed by atoms with Crippen LogP contribution in [0.25, 0.3) is 0 Å². The number of hydrogen-bond acceptors (Lipinski definition) is 7. The molecule has 9 heteroatoms. The van der Waals surface area contributed by atoms with Crippen LogP contribution in [0, 0.1) is 0 Å². The van der Waals surface area contributed by atoms with Crippen molar-refractivity contribution < 1.29 is 32.8 Å². The molecule has 2 atom stereocenters. The van der Waals surface area contributed by atoms with Gasteiger partial charge in [0.15, 0.2) is 0 Å². The second-order valence-corrected chi connectivity index (χ2v) is 14.5. The van der Waals surface area contributed by atoms with E-state index in [0.29, 0.717) is 13.0 Å². The average molecular weight is 750 g/mol. The Morgan fingerprint density at radius 1 is 0.577 bits per heavy atom. The summed E-state index contributed by atoms with van der Waals surface area (Å²) in [6.07, 6.45) is 49.1. The lowest BCUT2D eigenvalue weighted by Gasteiger charge is -2.20. The first kappa shape index (κ1) is 49.9. The summed E-state index contributed by atoms with van der Waals surface area (Å²) in [5, 5.41) is 0. The highest BCUT2D eigenvalue weighted by atomic mass is 31.2. The Morgan fingerprint density at radius 3 is 1.52 bits per heavy atom. The topological polar surface area (TPSA) is 117 Å². The molecule has 0 bridgehead atoms. The highest BCUT2D eigenvalue weighted by Gasteiger charge is 2.25. The molecule has 300 valence electrons. The van der Waals surface area contributed by atoms with Crippen LogP contribution >= 0.6 is 7.82 Å².